The lowest BCUT2D eigenvalue weighted by Crippen LogP contribution is -2.22. The van der Waals surface area contributed by atoms with Gasteiger partial charge in [0.05, 0.1) is 22.5 Å². The number of allylic oxidation sites excluding steroid dienone is 1. The summed E-state index contributed by atoms with van der Waals surface area (Å²) in [6, 6.07) is 6.89. The highest BCUT2D eigenvalue weighted by Gasteiger charge is 2.17. The first-order chi connectivity index (χ1) is 10.1. The molecule has 1 aromatic carbocycles. The Bertz CT molecular complexity index is 807. The molecule has 1 aromatic heterocycles. The van der Waals surface area contributed by atoms with E-state index in [-0.39, 0.29) is 0 Å². The van der Waals surface area contributed by atoms with Gasteiger partial charge in [0, 0.05) is 24.2 Å². The third kappa shape index (κ3) is 2.73. The van der Waals surface area contributed by atoms with Gasteiger partial charge in [-0.1, -0.05) is 18.2 Å². The number of benzene rings is 1. The first kappa shape index (κ1) is 13.6. The first-order valence-electron chi connectivity index (χ1n) is 6.33. The molecule has 7 heteroatoms. The highest BCUT2D eigenvalue weighted by Crippen LogP contribution is 2.20. The van der Waals surface area contributed by atoms with Crippen molar-refractivity contribution in [2.24, 2.45) is 4.99 Å². The number of nitrogens with one attached hydrogen (secondary N) is 1. The van der Waals surface area contributed by atoms with Gasteiger partial charge in [-0.3, -0.25) is 10.1 Å². The molecule has 3 rings (SSSR count). The number of hydrogen-bond acceptors (Lipinski definition) is 5. The zero-order chi connectivity index (χ0) is 14.9. The molecule has 0 bridgehead atoms. The molecule has 0 spiro atoms. The number of anilines is 1. The Kier molecular flexibility index (Phi) is 3.34. The average Bonchev–Trinajstić information content (AvgIpc) is 3.01. The van der Waals surface area contributed by atoms with Crippen molar-refractivity contribution in [2.45, 2.75) is 4.90 Å². The fourth-order valence-corrected chi connectivity index (χ4v) is 3.06. The van der Waals surface area contributed by atoms with Gasteiger partial charge in [-0.15, -0.1) is 0 Å². The van der Waals surface area contributed by atoms with Crippen LogP contribution in [0, 0.1) is 0 Å². The van der Waals surface area contributed by atoms with Crippen LogP contribution in [-0.2, 0) is 9.84 Å². The van der Waals surface area contributed by atoms with E-state index < -0.39 is 9.84 Å². The summed E-state index contributed by atoms with van der Waals surface area (Å²) in [7, 11) is -3.28. The van der Waals surface area contributed by atoms with Crippen molar-refractivity contribution in [1.82, 2.24) is 10.2 Å². The van der Waals surface area contributed by atoms with E-state index in [1.54, 1.807) is 36.7 Å². The van der Waals surface area contributed by atoms with Gasteiger partial charge in [-0.05, 0) is 12.1 Å². The van der Waals surface area contributed by atoms with E-state index in [9.17, 15) is 8.42 Å². The molecule has 2 aromatic rings. The molecule has 0 radical (unpaired) electrons. The summed E-state index contributed by atoms with van der Waals surface area (Å²) >= 11 is 0. The number of rotatable bonds is 3. The van der Waals surface area contributed by atoms with Crippen LogP contribution in [0.25, 0.3) is 0 Å². The Balaban J connectivity index is 1.93. The summed E-state index contributed by atoms with van der Waals surface area (Å²) < 4.78 is 23.7. The number of aromatic amines is 1. The van der Waals surface area contributed by atoms with E-state index in [4.69, 9.17) is 0 Å². The van der Waals surface area contributed by atoms with Crippen LogP contribution in [0.1, 0.15) is 5.56 Å². The van der Waals surface area contributed by atoms with Crippen LogP contribution in [0.5, 0.6) is 0 Å². The summed E-state index contributed by atoms with van der Waals surface area (Å²) in [5, 5.41) is 6.64. The monoisotopic (exact) mass is 302 g/mol. The van der Waals surface area contributed by atoms with E-state index in [1.807, 2.05) is 17.2 Å². The molecular weight excluding hydrogens is 288 g/mol. The molecule has 21 heavy (non-hydrogen) atoms. The molecule has 1 N–H and O–H groups in total. The Morgan fingerprint density at radius 1 is 1.29 bits per heavy atom. The lowest BCUT2D eigenvalue weighted by molar-refractivity contribution is 0.601. The molecule has 0 amide bonds. The van der Waals surface area contributed by atoms with Crippen LogP contribution in [0.4, 0.5) is 5.69 Å². The number of aliphatic imine (C=N–C) groups is 1. The maximum atomic E-state index is 11.8. The predicted octanol–water partition coefficient (Wildman–Crippen LogP) is 1.59. The quantitative estimate of drug-likeness (QED) is 0.934. The maximum absolute atomic E-state index is 11.8. The zero-order valence-corrected chi connectivity index (χ0v) is 12.2. The highest BCUT2D eigenvalue weighted by molar-refractivity contribution is 7.90. The molecule has 1 aliphatic rings. The second kappa shape index (κ2) is 5.17. The molecule has 0 atom stereocenters. The Morgan fingerprint density at radius 3 is 2.71 bits per heavy atom. The van der Waals surface area contributed by atoms with Gasteiger partial charge in [0.25, 0.3) is 0 Å². The van der Waals surface area contributed by atoms with Gasteiger partial charge in [0.15, 0.2) is 9.84 Å². The van der Waals surface area contributed by atoms with Gasteiger partial charge < -0.3 is 4.90 Å². The molecule has 2 heterocycles. The second-order valence-corrected chi connectivity index (χ2v) is 6.68. The molecule has 1 aliphatic heterocycles. The summed E-state index contributed by atoms with van der Waals surface area (Å²) in [4.78, 5) is 6.67. The summed E-state index contributed by atoms with van der Waals surface area (Å²) in [5.74, 6) is 0. The Labute approximate surface area is 122 Å². The topological polar surface area (TPSA) is 78.4 Å². The number of hydrogen-bond donors (Lipinski definition) is 1. The standard InChI is InChI=1S/C14H14N4O2S/c1-21(19,20)14-5-3-2-4-12(14)13-6-7-18(10-15-13)11-8-16-17-9-11/h2-9H,10H2,1H3,(H,16,17). The van der Waals surface area contributed by atoms with Crippen LogP contribution in [0.15, 0.2) is 58.8 Å². The van der Waals surface area contributed by atoms with Crippen molar-refractivity contribution in [3.8, 4) is 0 Å². The van der Waals surface area contributed by atoms with Crippen LogP contribution in [-0.4, -0.2) is 37.3 Å². The SMILES string of the molecule is CS(=O)(=O)c1ccccc1C1=NCN(c2cn[nH]c2)C=C1. The van der Waals surface area contributed by atoms with Gasteiger partial charge >= 0.3 is 0 Å². The molecule has 6 nitrogen and oxygen atoms in total. The number of H-pyrrole nitrogens is 1. The lowest BCUT2D eigenvalue weighted by atomic mass is 10.1. The molecular formula is C14H14N4O2S. The number of sulfone groups is 1. The van der Waals surface area contributed by atoms with Crippen LogP contribution in [0.2, 0.25) is 0 Å². The number of aromatic nitrogens is 2. The maximum Gasteiger partial charge on any atom is 0.176 e. The van der Waals surface area contributed by atoms with E-state index in [2.05, 4.69) is 15.2 Å². The predicted molar refractivity (Wildman–Crippen MR) is 81.2 cm³/mol. The minimum absolute atomic E-state index is 0.296. The fourth-order valence-electron chi connectivity index (χ4n) is 2.16. The van der Waals surface area contributed by atoms with Crippen molar-refractivity contribution >= 4 is 21.2 Å². The van der Waals surface area contributed by atoms with Gasteiger partial charge in [-0.2, -0.15) is 5.10 Å². The third-order valence-corrected chi connectivity index (χ3v) is 4.34. The molecule has 0 fully saturated rings. The highest BCUT2D eigenvalue weighted by atomic mass is 32.2. The fraction of sp³-hybridized carbons (Fsp3) is 0.143. The summed E-state index contributed by atoms with van der Waals surface area (Å²) in [6.45, 7) is 0.420. The first-order valence-corrected chi connectivity index (χ1v) is 8.22. The van der Waals surface area contributed by atoms with Crippen LogP contribution < -0.4 is 4.90 Å². The van der Waals surface area contributed by atoms with E-state index in [0.29, 0.717) is 22.8 Å². The van der Waals surface area contributed by atoms with Crippen molar-refractivity contribution in [1.29, 1.82) is 0 Å². The minimum Gasteiger partial charge on any atom is -0.325 e. The molecule has 108 valence electrons. The van der Waals surface area contributed by atoms with E-state index in [1.165, 1.54) is 6.26 Å². The Morgan fingerprint density at radius 2 is 2.10 bits per heavy atom. The van der Waals surface area contributed by atoms with E-state index in [0.717, 1.165) is 5.69 Å². The zero-order valence-electron chi connectivity index (χ0n) is 11.4. The molecule has 0 saturated heterocycles. The van der Waals surface area contributed by atoms with Crippen molar-refractivity contribution in [3.05, 3.63) is 54.5 Å². The smallest absolute Gasteiger partial charge is 0.176 e. The lowest BCUT2D eigenvalue weighted by Gasteiger charge is -2.20. The largest absolute Gasteiger partial charge is 0.325 e. The van der Waals surface area contributed by atoms with Gasteiger partial charge in [0.1, 0.15) is 6.67 Å². The van der Waals surface area contributed by atoms with Crippen molar-refractivity contribution < 1.29 is 8.42 Å². The average molecular weight is 302 g/mol. The normalized spacial score (nSPS) is 15.1. The van der Waals surface area contributed by atoms with Gasteiger partial charge in [0.2, 0.25) is 0 Å². The van der Waals surface area contributed by atoms with Crippen LogP contribution >= 0.6 is 0 Å². The summed E-state index contributed by atoms with van der Waals surface area (Å²) in [5.41, 5.74) is 2.20. The molecule has 0 unspecified atom stereocenters. The molecule has 0 saturated carbocycles. The van der Waals surface area contributed by atoms with Crippen molar-refractivity contribution in [3.63, 3.8) is 0 Å². The minimum atomic E-state index is -3.28. The summed E-state index contributed by atoms with van der Waals surface area (Å²) in [6.07, 6.45) is 8.36. The van der Waals surface area contributed by atoms with Crippen LogP contribution in [0.3, 0.4) is 0 Å². The van der Waals surface area contributed by atoms with Crippen molar-refractivity contribution in [2.75, 3.05) is 17.8 Å². The Hall–Kier alpha value is -2.41. The van der Waals surface area contributed by atoms with E-state index >= 15 is 0 Å². The third-order valence-electron chi connectivity index (χ3n) is 3.18. The number of nitrogens with zero attached hydrogens (tertiary/aromatic N) is 3. The van der Waals surface area contributed by atoms with Gasteiger partial charge in [-0.25, -0.2) is 8.42 Å². The molecule has 0 aliphatic carbocycles. The second-order valence-electron chi connectivity index (χ2n) is 4.70.